The molecular weight excluding hydrogens is 232 g/mol. The molecule has 0 aromatic carbocycles. The zero-order chi connectivity index (χ0) is 12.3. The molecule has 2 unspecified atom stereocenters. The quantitative estimate of drug-likeness (QED) is 0.767. The van der Waals surface area contributed by atoms with E-state index in [1.54, 1.807) is 0 Å². The maximum atomic E-state index is 6.42. The second-order valence-corrected chi connectivity index (χ2v) is 5.71. The van der Waals surface area contributed by atoms with E-state index in [2.05, 4.69) is 29.9 Å². The maximum absolute atomic E-state index is 6.42. The molecule has 1 heterocycles. The number of hydrogen-bond acceptors (Lipinski definition) is 2. The van der Waals surface area contributed by atoms with Crippen LogP contribution in [0.3, 0.4) is 0 Å². The fourth-order valence-electron chi connectivity index (χ4n) is 2.67. The Bertz CT molecular complexity index is 367. The Balaban J connectivity index is 1.98. The summed E-state index contributed by atoms with van der Waals surface area (Å²) in [6.07, 6.45) is 8.82. The van der Waals surface area contributed by atoms with Gasteiger partial charge in [-0.1, -0.05) is 18.9 Å². The highest BCUT2D eigenvalue weighted by molar-refractivity contribution is 6.21. The molecule has 0 spiro atoms. The molecule has 2 atom stereocenters. The summed E-state index contributed by atoms with van der Waals surface area (Å²) < 4.78 is 0. The van der Waals surface area contributed by atoms with Crippen LogP contribution in [0.15, 0.2) is 18.5 Å². The fraction of sp³-hybridized carbons (Fsp3) is 0.643. The molecule has 1 aromatic heterocycles. The van der Waals surface area contributed by atoms with E-state index in [-0.39, 0.29) is 0 Å². The van der Waals surface area contributed by atoms with Crippen molar-refractivity contribution >= 4 is 11.6 Å². The number of aryl methyl sites for hydroxylation is 1. The number of alkyl halides is 1. The van der Waals surface area contributed by atoms with Crippen molar-refractivity contribution in [1.29, 1.82) is 0 Å². The second-order valence-electron chi connectivity index (χ2n) is 5.15. The average molecular weight is 253 g/mol. The highest BCUT2D eigenvalue weighted by Gasteiger charge is 2.26. The first-order valence-corrected chi connectivity index (χ1v) is 6.85. The van der Waals surface area contributed by atoms with Crippen molar-refractivity contribution in [3.05, 3.63) is 29.6 Å². The lowest BCUT2D eigenvalue weighted by atomic mass is 9.93. The van der Waals surface area contributed by atoms with Crippen LogP contribution in [0.25, 0.3) is 0 Å². The summed E-state index contributed by atoms with van der Waals surface area (Å²) >= 11 is 6.42. The molecule has 2 rings (SSSR count). The molecular formula is C14H21ClN2. The minimum atomic E-state index is 0.312. The SMILES string of the molecule is Cc1cncc(CN(C)C2CCCCC2Cl)c1. The lowest BCUT2D eigenvalue weighted by Crippen LogP contribution is -2.40. The van der Waals surface area contributed by atoms with Gasteiger partial charge in [-0.05, 0) is 37.9 Å². The zero-order valence-corrected chi connectivity index (χ0v) is 11.5. The third-order valence-electron chi connectivity index (χ3n) is 3.58. The predicted octanol–water partition coefficient (Wildman–Crippen LogP) is 3.37. The van der Waals surface area contributed by atoms with Crippen LogP contribution in [0.2, 0.25) is 0 Å². The van der Waals surface area contributed by atoms with Gasteiger partial charge in [0.05, 0.1) is 0 Å². The van der Waals surface area contributed by atoms with E-state index in [1.165, 1.54) is 30.4 Å². The van der Waals surface area contributed by atoms with Gasteiger partial charge in [0, 0.05) is 30.4 Å². The van der Waals surface area contributed by atoms with E-state index in [9.17, 15) is 0 Å². The first-order valence-electron chi connectivity index (χ1n) is 6.41. The van der Waals surface area contributed by atoms with Crippen LogP contribution >= 0.6 is 11.6 Å². The van der Waals surface area contributed by atoms with Gasteiger partial charge in [0.1, 0.15) is 0 Å². The Morgan fingerprint density at radius 1 is 1.35 bits per heavy atom. The summed E-state index contributed by atoms with van der Waals surface area (Å²) in [7, 11) is 2.17. The molecule has 17 heavy (non-hydrogen) atoms. The van der Waals surface area contributed by atoms with E-state index < -0.39 is 0 Å². The Morgan fingerprint density at radius 2 is 2.12 bits per heavy atom. The lowest BCUT2D eigenvalue weighted by Gasteiger charge is -2.34. The fourth-order valence-corrected chi connectivity index (χ4v) is 3.14. The summed E-state index contributed by atoms with van der Waals surface area (Å²) in [6, 6.07) is 2.72. The van der Waals surface area contributed by atoms with Gasteiger partial charge >= 0.3 is 0 Å². The van der Waals surface area contributed by atoms with E-state index in [1.807, 2.05) is 12.4 Å². The van der Waals surface area contributed by atoms with Crippen LogP contribution in [0.5, 0.6) is 0 Å². The van der Waals surface area contributed by atoms with Crippen LogP contribution in [0.4, 0.5) is 0 Å². The highest BCUT2D eigenvalue weighted by Crippen LogP contribution is 2.27. The van der Waals surface area contributed by atoms with Crippen molar-refractivity contribution in [2.75, 3.05) is 7.05 Å². The Labute approximate surface area is 109 Å². The minimum Gasteiger partial charge on any atom is -0.298 e. The molecule has 0 radical (unpaired) electrons. The minimum absolute atomic E-state index is 0.312. The van der Waals surface area contributed by atoms with Gasteiger partial charge < -0.3 is 0 Å². The number of pyridine rings is 1. The van der Waals surface area contributed by atoms with Crippen LogP contribution < -0.4 is 0 Å². The highest BCUT2D eigenvalue weighted by atomic mass is 35.5. The molecule has 2 nitrogen and oxygen atoms in total. The van der Waals surface area contributed by atoms with Gasteiger partial charge in [-0.15, -0.1) is 11.6 Å². The Kier molecular flexibility index (Phi) is 4.41. The Hall–Kier alpha value is -0.600. The largest absolute Gasteiger partial charge is 0.298 e. The third-order valence-corrected chi connectivity index (χ3v) is 4.09. The van der Waals surface area contributed by atoms with E-state index in [4.69, 9.17) is 11.6 Å². The average Bonchev–Trinajstić information content (AvgIpc) is 2.29. The predicted molar refractivity (Wildman–Crippen MR) is 72.3 cm³/mol. The van der Waals surface area contributed by atoms with Gasteiger partial charge in [-0.3, -0.25) is 9.88 Å². The third kappa shape index (κ3) is 3.43. The summed E-state index contributed by atoms with van der Waals surface area (Å²) in [5, 5.41) is 0.312. The van der Waals surface area contributed by atoms with Gasteiger partial charge in [-0.2, -0.15) is 0 Å². The molecule has 94 valence electrons. The topological polar surface area (TPSA) is 16.1 Å². The Morgan fingerprint density at radius 3 is 2.82 bits per heavy atom. The molecule has 0 saturated heterocycles. The number of halogens is 1. The number of aromatic nitrogens is 1. The normalized spacial score (nSPS) is 25.2. The van der Waals surface area contributed by atoms with Gasteiger partial charge in [-0.25, -0.2) is 0 Å². The van der Waals surface area contributed by atoms with E-state index in [0.717, 1.165) is 13.0 Å². The van der Waals surface area contributed by atoms with Crippen LogP contribution in [-0.2, 0) is 6.54 Å². The lowest BCUT2D eigenvalue weighted by molar-refractivity contribution is 0.188. The number of nitrogens with zero attached hydrogens (tertiary/aromatic N) is 2. The van der Waals surface area contributed by atoms with E-state index in [0.29, 0.717) is 11.4 Å². The zero-order valence-electron chi connectivity index (χ0n) is 10.7. The summed E-state index contributed by atoms with van der Waals surface area (Å²) in [6.45, 7) is 3.03. The van der Waals surface area contributed by atoms with Crippen LogP contribution in [-0.4, -0.2) is 28.4 Å². The van der Waals surface area contributed by atoms with Gasteiger partial charge in [0.15, 0.2) is 0 Å². The molecule has 0 amide bonds. The van der Waals surface area contributed by atoms with Gasteiger partial charge in [0.25, 0.3) is 0 Å². The molecule has 3 heteroatoms. The molecule has 1 fully saturated rings. The second kappa shape index (κ2) is 5.83. The van der Waals surface area contributed by atoms with Crippen LogP contribution in [0, 0.1) is 6.92 Å². The van der Waals surface area contributed by atoms with Crippen LogP contribution in [0.1, 0.15) is 36.8 Å². The first-order chi connectivity index (χ1) is 8.16. The maximum Gasteiger partial charge on any atom is 0.0491 e. The molecule has 0 aliphatic heterocycles. The smallest absolute Gasteiger partial charge is 0.0491 e. The number of rotatable bonds is 3. The monoisotopic (exact) mass is 252 g/mol. The molecule has 1 aliphatic carbocycles. The van der Waals surface area contributed by atoms with E-state index >= 15 is 0 Å². The summed E-state index contributed by atoms with van der Waals surface area (Å²) in [5.74, 6) is 0. The molecule has 0 bridgehead atoms. The van der Waals surface area contributed by atoms with Crippen molar-refractivity contribution in [1.82, 2.24) is 9.88 Å². The summed E-state index contributed by atoms with van der Waals surface area (Å²) in [4.78, 5) is 6.62. The molecule has 1 aliphatic rings. The van der Waals surface area contributed by atoms with Crippen molar-refractivity contribution in [2.24, 2.45) is 0 Å². The van der Waals surface area contributed by atoms with Crippen molar-refractivity contribution < 1.29 is 0 Å². The first kappa shape index (κ1) is 12.8. The molecule has 1 saturated carbocycles. The number of hydrogen-bond donors (Lipinski definition) is 0. The van der Waals surface area contributed by atoms with Crippen molar-refractivity contribution in [3.63, 3.8) is 0 Å². The van der Waals surface area contributed by atoms with Gasteiger partial charge in [0.2, 0.25) is 0 Å². The standard InChI is InChI=1S/C14H21ClN2/c1-11-7-12(9-16-8-11)10-17(2)14-6-4-3-5-13(14)15/h7-9,13-14H,3-6,10H2,1-2H3. The molecule has 0 N–H and O–H groups in total. The molecule has 1 aromatic rings. The van der Waals surface area contributed by atoms with Crippen molar-refractivity contribution in [2.45, 2.75) is 50.6 Å². The van der Waals surface area contributed by atoms with Crippen molar-refractivity contribution in [3.8, 4) is 0 Å². The summed E-state index contributed by atoms with van der Waals surface area (Å²) in [5.41, 5.74) is 2.50.